The minimum absolute atomic E-state index is 0.113. The van der Waals surface area contributed by atoms with Crippen molar-refractivity contribution in [1.29, 1.82) is 0 Å². The van der Waals surface area contributed by atoms with Crippen molar-refractivity contribution in [3.63, 3.8) is 0 Å². The summed E-state index contributed by atoms with van der Waals surface area (Å²) in [6, 6.07) is 10.2. The van der Waals surface area contributed by atoms with Crippen molar-refractivity contribution >= 4 is 43.5 Å². The smallest absolute Gasteiger partial charge is 0.387 e. The van der Waals surface area contributed by atoms with Crippen LogP contribution in [0.5, 0.6) is 5.75 Å². The molecule has 0 radical (unpaired) electrons. The van der Waals surface area contributed by atoms with E-state index in [1.165, 1.54) is 12.1 Å². The van der Waals surface area contributed by atoms with Gasteiger partial charge in [-0.05, 0) is 47.9 Å². The van der Waals surface area contributed by atoms with Crippen LogP contribution < -0.4 is 4.74 Å². The molecule has 0 spiro atoms. The van der Waals surface area contributed by atoms with Crippen LogP contribution in [-0.4, -0.2) is 6.61 Å². The maximum absolute atomic E-state index is 12.1. The predicted molar refractivity (Wildman–Crippen MR) is 87.3 cm³/mol. The fraction of sp³-hybridized carbons (Fsp3) is 0.200. The highest BCUT2D eigenvalue weighted by Crippen LogP contribution is 2.37. The van der Waals surface area contributed by atoms with Crippen LogP contribution >= 0.6 is 43.5 Å². The Morgan fingerprint density at radius 2 is 1.67 bits per heavy atom. The maximum Gasteiger partial charge on any atom is 0.387 e. The van der Waals surface area contributed by atoms with Gasteiger partial charge in [-0.3, -0.25) is 0 Å². The van der Waals surface area contributed by atoms with E-state index in [0.29, 0.717) is 0 Å². The molecule has 0 heterocycles. The lowest BCUT2D eigenvalue weighted by molar-refractivity contribution is -0.0498. The summed E-state index contributed by atoms with van der Waals surface area (Å²) in [6.07, 6.45) is 0. The number of rotatable bonds is 4. The molecule has 0 aliphatic carbocycles. The van der Waals surface area contributed by atoms with E-state index < -0.39 is 12.0 Å². The molecule has 21 heavy (non-hydrogen) atoms. The van der Waals surface area contributed by atoms with E-state index in [1.807, 2.05) is 19.1 Å². The zero-order valence-electron chi connectivity index (χ0n) is 10.9. The van der Waals surface area contributed by atoms with Crippen LogP contribution in [0.3, 0.4) is 0 Å². The van der Waals surface area contributed by atoms with Gasteiger partial charge in [0, 0.05) is 8.95 Å². The topological polar surface area (TPSA) is 9.23 Å². The molecule has 2 aromatic carbocycles. The van der Waals surface area contributed by atoms with E-state index in [0.717, 1.165) is 25.6 Å². The summed E-state index contributed by atoms with van der Waals surface area (Å²) in [5, 5.41) is -0.392. The molecule has 0 aromatic heterocycles. The normalized spacial score (nSPS) is 12.5. The predicted octanol–water partition coefficient (Wildman–Crippen LogP) is 6.45. The number of aryl methyl sites for hydroxylation is 1. The molecule has 0 saturated heterocycles. The monoisotopic (exact) mass is 438 g/mol. The minimum atomic E-state index is -2.83. The van der Waals surface area contributed by atoms with E-state index >= 15 is 0 Å². The molecule has 6 heteroatoms. The standard InChI is InChI=1S/C15H11Br2ClF2O/c1-8-6-13(17)11(7-12(8)16)14(18)9-2-4-10(5-3-9)21-15(19)20/h2-7,14-15H,1H3. The molecular formula is C15H11Br2ClF2O. The van der Waals surface area contributed by atoms with Gasteiger partial charge in [-0.1, -0.05) is 44.0 Å². The summed E-state index contributed by atoms with van der Waals surface area (Å²) in [6.45, 7) is -0.844. The van der Waals surface area contributed by atoms with E-state index in [4.69, 9.17) is 11.6 Å². The molecule has 0 bridgehead atoms. The lowest BCUT2D eigenvalue weighted by Crippen LogP contribution is -2.02. The van der Waals surface area contributed by atoms with E-state index in [9.17, 15) is 8.78 Å². The van der Waals surface area contributed by atoms with Crippen LogP contribution in [0.15, 0.2) is 45.3 Å². The lowest BCUT2D eigenvalue weighted by Gasteiger charge is -2.15. The first-order chi connectivity index (χ1) is 9.88. The van der Waals surface area contributed by atoms with Gasteiger partial charge in [-0.25, -0.2) is 0 Å². The van der Waals surface area contributed by atoms with Crippen molar-refractivity contribution in [3.8, 4) is 5.75 Å². The Kier molecular flexibility index (Phi) is 5.63. The molecule has 0 aliphatic rings. The first kappa shape index (κ1) is 16.7. The summed E-state index contributed by atoms with van der Waals surface area (Å²) < 4.78 is 30.4. The van der Waals surface area contributed by atoms with Gasteiger partial charge in [0.25, 0.3) is 0 Å². The fourth-order valence-corrected chi connectivity index (χ4v) is 3.36. The number of hydrogen-bond donors (Lipinski definition) is 0. The second-order valence-corrected chi connectivity index (χ2v) is 6.58. The minimum Gasteiger partial charge on any atom is -0.435 e. The summed E-state index contributed by atoms with van der Waals surface area (Å²) >= 11 is 13.5. The van der Waals surface area contributed by atoms with Gasteiger partial charge in [0.2, 0.25) is 0 Å². The molecule has 0 aliphatic heterocycles. The quantitative estimate of drug-likeness (QED) is 0.497. The Balaban J connectivity index is 2.27. The van der Waals surface area contributed by atoms with Crippen molar-refractivity contribution in [2.45, 2.75) is 18.9 Å². The Morgan fingerprint density at radius 3 is 2.24 bits per heavy atom. The third kappa shape index (κ3) is 4.18. The summed E-state index contributed by atoms with van der Waals surface area (Å²) in [5.74, 6) is 0.113. The lowest BCUT2D eigenvalue weighted by atomic mass is 10.0. The third-order valence-corrected chi connectivity index (χ3v) is 4.98. The molecule has 0 fully saturated rings. The molecule has 2 aromatic rings. The Bertz CT molecular complexity index is 632. The number of ether oxygens (including phenoxy) is 1. The number of halogens is 5. The highest BCUT2D eigenvalue weighted by molar-refractivity contribution is 9.11. The van der Waals surface area contributed by atoms with Crippen molar-refractivity contribution in [2.75, 3.05) is 0 Å². The van der Waals surface area contributed by atoms with Gasteiger partial charge >= 0.3 is 6.61 Å². The number of alkyl halides is 3. The Morgan fingerprint density at radius 1 is 1.05 bits per heavy atom. The van der Waals surface area contributed by atoms with Crippen molar-refractivity contribution in [2.24, 2.45) is 0 Å². The molecule has 0 N–H and O–H groups in total. The van der Waals surface area contributed by atoms with Gasteiger partial charge < -0.3 is 4.74 Å². The van der Waals surface area contributed by atoms with Crippen LogP contribution in [0, 0.1) is 6.92 Å². The first-order valence-electron chi connectivity index (χ1n) is 6.03. The third-order valence-electron chi connectivity index (χ3n) is 2.95. The number of hydrogen-bond acceptors (Lipinski definition) is 1. The van der Waals surface area contributed by atoms with Crippen molar-refractivity contribution in [1.82, 2.24) is 0 Å². The Labute approximate surface area is 143 Å². The molecule has 112 valence electrons. The zero-order chi connectivity index (χ0) is 15.6. The second kappa shape index (κ2) is 7.07. The number of benzene rings is 2. The van der Waals surface area contributed by atoms with E-state index in [-0.39, 0.29) is 5.75 Å². The molecule has 0 saturated carbocycles. The molecule has 0 amide bonds. The molecule has 2 rings (SSSR count). The fourth-order valence-electron chi connectivity index (χ4n) is 1.85. The van der Waals surface area contributed by atoms with Gasteiger partial charge in [-0.2, -0.15) is 8.78 Å². The first-order valence-corrected chi connectivity index (χ1v) is 8.05. The van der Waals surface area contributed by atoms with Gasteiger partial charge in [0.15, 0.2) is 0 Å². The molecule has 1 unspecified atom stereocenters. The Hall–Kier alpha value is -0.650. The van der Waals surface area contributed by atoms with Crippen molar-refractivity contribution < 1.29 is 13.5 Å². The molecule has 1 atom stereocenters. The molecular weight excluding hydrogens is 429 g/mol. The van der Waals surface area contributed by atoms with Crippen molar-refractivity contribution in [3.05, 3.63) is 62.0 Å². The van der Waals surface area contributed by atoms with E-state index in [2.05, 4.69) is 36.6 Å². The maximum atomic E-state index is 12.1. The van der Waals surface area contributed by atoms with Crippen LogP contribution in [0.4, 0.5) is 8.78 Å². The summed E-state index contributed by atoms with van der Waals surface area (Å²) in [4.78, 5) is 0. The highest BCUT2D eigenvalue weighted by Gasteiger charge is 2.16. The van der Waals surface area contributed by atoms with Crippen LogP contribution in [0.1, 0.15) is 22.1 Å². The molecule has 1 nitrogen and oxygen atoms in total. The van der Waals surface area contributed by atoms with Gasteiger partial charge in [0.1, 0.15) is 5.75 Å². The summed E-state index contributed by atoms with van der Waals surface area (Å²) in [7, 11) is 0. The second-order valence-electron chi connectivity index (χ2n) is 4.43. The SMILES string of the molecule is Cc1cc(Br)c(C(Cl)c2ccc(OC(F)F)cc2)cc1Br. The van der Waals surface area contributed by atoms with Crippen LogP contribution in [-0.2, 0) is 0 Å². The van der Waals surface area contributed by atoms with Crippen LogP contribution in [0.2, 0.25) is 0 Å². The van der Waals surface area contributed by atoms with Gasteiger partial charge in [0.05, 0.1) is 5.38 Å². The van der Waals surface area contributed by atoms with E-state index in [1.54, 1.807) is 12.1 Å². The average Bonchev–Trinajstić information content (AvgIpc) is 2.42. The summed E-state index contributed by atoms with van der Waals surface area (Å²) in [5.41, 5.74) is 2.79. The zero-order valence-corrected chi connectivity index (χ0v) is 14.8. The highest BCUT2D eigenvalue weighted by atomic mass is 79.9. The van der Waals surface area contributed by atoms with Gasteiger partial charge in [-0.15, -0.1) is 11.6 Å². The average molecular weight is 441 g/mol. The van der Waals surface area contributed by atoms with Crippen LogP contribution in [0.25, 0.3) is 0 Å². The largest absolute Gasteiger partial charge is 0.435 e.